The number of aryl methyl sites for hydroxylation is 1. The van der Waals surface area contributed by atoms with Crippen molar-refractivity contribution in [3.05, 3.63) is 34.7 Å². The number of aliphatic hydroxyl groups is 1. The van der Waals surface area contributed by atoms with Gasteiger partial charge in [0.25, 0.3) is 0 Å². The van der Waals surface area contributed by atoms with Gasteiger partial charge in [0.1, 0.15) is 0 Å². The molecule has 1 aliphatic rings. The van der Waals surface area contributed by atoms with Crippen LogP contribution in [0.3, 0.4) is 0 Å². The Balaban J connectivity index is 2.19. The van der Waals surface area contributed by atoms with Crippen LogP contribution in [-0.2, 0) is 11.2 Å². The largest absolute Gasteiger partial charge is 0.481 e. The molecule has 0 saturated carbocycles. The standard InChI is InChI=1S/C13H12O3S/c14-12-8(13(15)16)5-6-10-11(12)7-3-1-2-4-9(7)17-10/h1-4,8,12,14H,5-6H2,(H,15,16). The van der Waals surface area contributed by atoms with E-state index >= 15 is 0 Å². The van der Waals surface area contributed by atoms with Crippen LogP contribution in [0.4, 0.5) is 0 Å². The number of rotatable bonds is 1. The zero-order valence-electron chi connectivity index (χ0n) is 9.09. The SMILES string of the molecule is O=C(O)C1CCc2sc3ccccc3c2C1O. The number of thiophene rings is 1. The van der Waals surface area contributed by atoms with Gasteiger partial charge >= 0.3 is 5.97 Å². The summed E-state index contributed by atoms with van der Waals surface area (Å²) in [6.07, 6.45) is 0.409. The van der Waals surface area contributed by atoms with E-state index in [1.54, 1.807) is 11.3 Å². The van der Waals surface area contributed by atoms with Crippen LogP contribution >= 0.6 is 11.3 Å². The molecule has 0 fully saturated rings. The number of hydrogen-bond acceptors (Lipinski definition) is 3. The van der Waals surface area contributed by atoms with E-state index in [1.165, 1.54) is 0 Å². The van der Waals surface area contributed by atoms with Crippen molar-refractivity contribution in [2.75, 3.05) is 0 Å². The fourth-order valence-corrected chi connectivity index (χ4v) is 3.79. The minimum Gasteiger partial charge on any atom is -0.481 e. The van der Waals surface area contributed by atoms with Gasteiger partial charge in [0.2, 0.25) is 0 Å². The molecule has 3 nitrogen and oxygen atoms in total. The summed E-state index contributed by atoms with van der Waals surface area (Å²) in [5, 5.41) is 20.3. The molecule has 1 aliphatic carbocycles. The van der Waals surface area contributed by atoms with Gasteiger partial charge in [0.15, 0.2) is 0 Å². The van der Waals surface area contributed by atoms with E-state index in [9.17, 15) is 9.90 Å². The highest BCUT2D eigenvalue weighted by Gasteiger charge is 2.35. The molecule has 17 heavy (non-hydrogen) atoms. The first kappa shape index (κ1) is 10.7. The van der Waals surface area contributed by atoms with Crippen LogP contribution < -0.4 is 0 Å². The van der Waals surface area contributed by atoms with Crippen molar-refractivity contribution in [2.45, 2.75) is 18.9 Å². The summed E-state index contributed by atoms with van der Waals surface area (Å²) >= 11 is 1.66. The summed E-state index contributed by atoms with van der Waals surface area (Å²) in [6.45, 7) is 0. The van der Waals surface area contributed by atoms with Gasteiger partial charge in [-0.05, 0) is 24.3 Å². The van der Waals surface area contributed by atoms with Crippen LogP contribution in [0.2, 0.25) is 0 Å². The quantitative estimate of drug-likeness (QED) is 0.815. The topological polar surface area (TPSA) is 57.5 Å². The van der Waals surface area contributed by atoms with Crippen molar-refractivity contribution >= 4 is 27.4 Å². The van der Waals surface area contributed by atoms with E-state index in [-0.39, 0.29) is 0 Å². The average molecular weight is 248 g/mol. The summed E-state index contributed by atoms with van der Waals surface area (Å²) in [4.78, 5) is 12.2. The monoisotopic (exact) mass is 248 g/mol. The molecule has 2 aromatic rings. The van der Waals surface area contributed by atoms with Gasteiger partial charge in [-0.15, -0.1) is 11.3 Å². The Kier molecular flexibility index (Phi) is 2.42. The molecule has 0 saturated heterocycles. The molecule has 0 bridgehead atoms. The third kappa shape index (κ3) is 1.56. The first-order valence-corrected chi connectivity index (χ1v) is 6.41. The second-order valence-corrected chi connectivity index (χ2v) is 5.50. The Morgan fingerprint density at radius 3 is 2.88 bits per heavy atom. The highest BCUT2D eigenvalue weighted by molar-refractivity contribution is 7.19. The number of hydrogen-bond donors (Lipinski definition) is 2. The molecular weight excluding hydrogens is 236 g/mol. The lowest BCUT2D eigenvalue weighted by Gasteiger charge is -2.24. The maximum Gasteiger partial charge on any atom is 0.309 e. The minimum atomic E-state index is -0.904. The van der Waals surface area contributed by atoms with Crippen LogP contribution in [0, 0.1) is 5.92 Å². The lowest BCUT2D eigenvalue weighted by Crippen LogP contribution is -2.26. The second kappa shape index (κ2) is 3.82. The van der Waals surface area contributed by atoms with E-state index in [0.717, 1.165) is 26.9 Å². The number of fused-ring (bicyclic) bond motifs is 3. The molecule has 0 amide bonds. The molecule has 2 N–H and O–H groups in total. The Bertz CT molecular complexity index is 587. The molecule has 3 rings (SSSR count). The molecule has 2 unspecified atom stereocenters. The number of aliphatic hydroxyl groups excluding tert-OH is 1. The molecular formula is C13H12O3S. The van der Waals surface area contributed by atoms with E-state index < -0.39 is 18.0 Å². The Morgan fingerprint density at radius 2 is 2.12 bits per heavy atom. The van der Waals surface area contributed by atoms with Crippen LogP contribution in [-0.4, -0.2) is 16.2 Å². The third-order valence-corrected chi connectivity index (χ3v) is 4.63. The summed E-state index contributed by atoms with van der Waals surface area (Å²) in [6, 6.07) is 7.86. The fourth-order valence-electron chi connectivity index (χ4n) is 2.53. The molecule has 0 spiro atoms. The normalized spacial score (nSPS) is 23.6. The van der Waals surface area contributed by atoms with E-state index in [0.29, 0.717) is 6.42 Å². The maximum absolute atomic E-state index is 11.1. The van der Waals surface area contributed by atoms with Crippen molar-refractivity contribution in [1.29, 1.82) is 0 Å². The molecule has 88 valence electrons. The third-order valence-electron chi connectivity index (χ3n) is 3.39. The van der Waals surface area contributed by atoms with Crippen LogP contribution in [0.15, 0.2) is 24.3 Å². The van der Waals surface area contributed by atoms with Crippen LogP contribution in [0.1, 0.15) is 23.0 Å². The smallest absolute Gasteiger partial charge is 0.309 e. The zero-order chi connectivity index (χ0) is 12.0. The molecule has 0 aliphatic heterocycles. The van der Waals surface area contributed by atoms with Gasteiger partial charge < -0.3 is 10.2 Å². The van der Waals surface area contributed by atoms with Crippen molar-refractivity contribution in [3.63, 3.8) is 0 Å². The van der Waals surface area contributed by atoms with Gasteiger partial charge in [0.05, 0.1) is 12.0 Å². The first-order valence-electron chi connectivity index (χ1n) is 5.59. The fraction of sp³-hybridized carbons (Fsp3) is 0.308. The van der Waals surface area contributed by atoms with E-state index in [1.807, 2.05) is 24.3 Å². The highest BCUT2D eigenvalue weighted by atomic mass is 32.1. The molecule has 0 radical (unpaired) electrons. The highest BCUT2D eigenvalue weighted by Crippen LogP contribution is 2.43. The molecule has 1 aromatic carbocycles. The van der Waals surface area contributed by atoms with Gasteiger partial charge in [-0.2, -0.15) is 0 Å². The van der Waals surface area contributed by atoms with E-state index in [4.69, 9.17) is 5.11 Å². The average Bonchev–Trinajstić information content (AvgIpc) is 2.67. The minimum absolute atomic E-state index is 0.524. The Hall–Kier alpha value is -1.39. The van der Waals surface area contributed by atoms with Gasteiger partial charge in [0, 0.05) is 15.1 Å². The summed E-state index contributed by atoms with van der Waals surface area (Å²) in [5.74, 6) is -1.57. The van der Waals surface area contributed by atoms with Gasteiger partial charge in [-0.1, -0.05) is 18.2 Å². The molecule has 1 aromatic heterocycles. The summed E-state index contributed by atoms with van der Waals surface area (Å²) in [5.41, 5.74) is 0.837. The Labute approximate surface area is 102 Å². The van der Waals surface area contributed by atoms with Gasteiger partial charge in [-0.25, -0.2) is 0 Å². The van der Waals surface area contributed by atoms with Crippen LogP contribution in [0.25, 0.3) is 10.1 Å². The van der Waals surface area contributed by atoms with Crippen molar-refractivity contribution in [2.24, 2.45) is 5.92 Å². The zero-order valence-corrected chi connectivity index (χ0v) is 9.91. The Morgan fingerprint density at radius 1 is 1.35 bits per heavy atom. The van der Waals surface area contributed by atoms with E-state index in [2.05, 4.69) is 0 Å². The molecule has 2 atom stereocenters. The van der Waals surface area contributed by atoms with Gasteiger partial charge in [-0.3, -0.25) is 4.79 Å². The summed E-state index contributed by atoms with van der Waals surface area (Å²) in [7, 11) is 0. The number of carboxylic acids is 1. The van der Waals surface area contributed by atoms with Crippen molar-refractivity contribution in [3.8, 4) is 0 Å². The predicted octanol–water partition coefficient (Wildman–Crippen LogP) is 2.58. The molecule has 4 heteroatoms. The second-order valence-electron chi connectivity index (χ2n) is 4.36. The maximum atomic E-state index is 11.1. The lowest BCUT2D eigenvalue weighted by molar-refractivity contribution is -0.146. The summed E-state index contributed by atoms with van der Waals surface area (Å²) < 4.78 is 1.13. The van der Waals surface area contributed by atoms with Crippen molar-refractivity contribution in [1.82, 2.24) is 0 Å². The predicted molar refractivity (Wildman–Crippen MR) is 66.2 cm³/mol. The number of aliphatic carboxylic acids is 1. The number of carbonyl (C=O) groups is 1. The van der Waals surface area contributed by atoms with Crippen molar-refractivity contribution < 1.29 is 15.0 Å². The first-order chi connectivity index (χ1) is 8.18. The van der Waals surface area contributed by atoms with Crippen LogP contribution in [0.5, 0.6) is 0 Å². The number of carboxylic acid groups (broad SMARTS) is 1. The lowest BCUT2D eigenvalue weighted by atomic mass is 9.84. The molecule has 1 heterocycles. The number of benzene rings is 1.